The third-order valence-corrected chi connectivity index (χ3v) is 2.46. The third kappa shape index (κ3) is 2.85. The van der Waals surface area contributed by atoms with E-state index in [2.05, 4.69) is 4.98 Å². The summed E-state index contributed by atoms with van der Waals surface area (Å²) in [6.45, 7) is 4.61. The number of ether oxygens (including phenoxy) is 1. The van der Waals surface area contributed by atoms with Gasteiger partial charge in [-0.2, -0.15) is 0 Å². The lowest BCUT2D eigenvalue weighted by Crippen LogP contribution is -2.21. The first-order valence-corrected chi connectivity index (χ1v) is 5.17. The molecule has 1 amide bonds. The zero-order valence-electron chi connectivity index (χ0n) is 10.0. The lowest BCUT2D eigenvalue weighted by Gasteiger charge is -2.05. The predicted molar refractivity (Wildman–Crippen MR) is 60.4 cm³/mol. The number of rotatable bonds is 4. The van der Waals surface area contributed by atoms with Gasteiger partial charge < -0.3 is 20.6 Å². The van der Waals surface area contributed by atoms with E-state index in [1.54, 1.807) is 20.8 Å². The number of carbonyl (C=O) groups excluding carboxylic acids is 2. The van der Waals surface area contributed by atoms with E-state index < -0.39 is 24.6 Å². The van der Waals surface area contributed by atoms with Gasteiger partial charge in [0.1, 0.15) is 5.69 Å². The van der Waals surface area contributed by atoms with E-state index in [0.29, 0.717) is 16.8 Å². The van der Waals surface area contributed by atoms with Crippen molar-refractivity contribution in [2.75, 3.05) is 6.61 Å². The van der Waals surface area contributed by atoms with E-state index in [0.717, 1.165) is 0 Å². The van der Waals surface area contributed by atoms with E-state index in [4.69, 9.17) is 10.5 Å². The summed E-state index contributed by atoms with van der Waals surface area (Å²) in [5.74, 6) is -1.37. The molecule has 1 aromatic rings. The van der Waals surface area contributed by atoms with E-state index in [1.165, 1.54) is 0 Å². The number of hydrogen-bond donors (Lipinski definition) is 3. The van der Waals surface area contributed by atoms with Crippen LogP contribution in [0, 0.1) is 13.8 Å². The van der Waals surface area contributed by atoms with Crippen molar-refractivity contribution < 1.29 is 19.4 Å². The molecule has 1 heterocycles. The van der Waals surface area contributed by atoms with Crippen molar-refractivity contribution >= 4 is 11.9 Å². The van der Waals surface area contributed by atoms with Gasteiger partial charge in [-0.15, -0.1) is 0 Å². The van der Waals surface area contributed by atoms with Crippen LogP contribution in [0.1, 0.15) is 40.3 Å². The minimum absolute atomic E-state index is 0.236. The monoisotopic (exact) mass is 240 g/mol. The number of nitrogens with one attached hydrogen (secondary N) is 1. The first-order valence-electron chi connectivity index (χ1n) is 5.17. The van der Waals surface area contributed by atoms with E-state index >= 15 is 0 Å². The highest BCUT2D eigenvalue weighted by molar-refractivity contribution is 5.91. The van der Waals surface area contributed by atoms with Crippen LogP contribution < -0.4 is 5.73 Å². The van der Waals surface area contributed by atoms with Crippen LogP contribution in [0.4, 0.5) is 0 Å². The Hall–Kier alpha value is -1.82. The molecule has 1 aromatic heterocycles. The molecule has 17 heavy (non-hydrogen) atoms. The van der Waals surface area contributed by atoms with Crippen molar-refractivity contribution in [1.29, 1.82) is 0 Å². The number of aromatic nitrogens is 1. The number of hydrogen-bond acceptors (Lipinski definition) is 4. The molecule has 0 spiro atoms. The molecule has 1 rings (SSSR count). The van der Waals surface area contributed by atoms with Crippen molar-refractivity contribution in [3.05, 3.63) is 22.5 Å². The zero-order chi connectivity index (χ0) is 13.2. The average molecular weight is 240 g/mol. The third-order valence-electron chi connectivity index (χ3n) is 2.46. The van der Waals surface area contributed by atoms with Crippen LogP contribution >= 0.6 is 0 Å². The second-order valence-corrected chi connectivity index (χ2v) is 3.88. The quantitative estimate of drug-likeness (QED) is 0.659. The number of aryl methyl sites for hydroxylation is 1. The molecule has 0 unspecified atom stereocenters. The van der Waals surface area contributed by atoms with Gasteiger partial charge in [-0.25, -0.2) is 4.79 Å². The largest absolute Gasteiger partial charge is 0.451 e. The fourth-order valence-electron chi connectivity index (χ4n) is 1.80. The maximum absolute atomic E-state index is 11.6. The van der Waals surface area contributed by atoms with Gasteiger partial charge >= 0.3 is 5.97 Å². The van der Waals surface area contributed by atoms with Crippen LogP contribution in [0.25, 0.3) is 0 Å². The molecular weight excluding hydrogens is 224 g/mol. The Balaban J connectivity index is 2.96. The fourth-order valence-corrected chi connectivity index (χ4v) is 1.80. The van der Waals surface area contributed by atoms with Gasteiger partial charge in [-0.05, 0) is 26.3 Å². The SMILES string of the molecule is Cc1[nH]c(C(=O)OCC(N)=O)c(C)c1[C@@H](C)O. The summed E-state index contributed by atoms with van der Waals surface area (Å²) in [6, 6.07) is 0. The Morgan fingerprint density at radius 1 is 1.47 bits per heavy atom. The number of H-pyrrole nitrogens is 1. The number of esters is 1. The van der Waals surface area contributed by atoms with Crippen LogP contribution in [0.5, 0.6) is 0 Å². The Morgan fingerprint density at radius 3 is 2.47 bits per heavy atom. The Bertz CT molecular complexity index is 449. The van der Waals surface area contributed by atoms with Gasteiger partial charge in [0.05, 0.1) is 6.10 Å². The summed E-state index contributed by atoms with van der Waals surface area (Å²) in [6.07, 6.45) is -0.677. The molecular formula is C11H16N2O4. The molecule has 1 atom stereocenters. The highest BCUT2D eigenvalue weighted by Crippen LogP contribution is 2.24. The molecule has 0 bridgehead atoms. The van der Waals surface area contributed by atoms with Crippen molar-refractivity contribution in [1.82, 2.24) is 4.98 Å². The molecule has 0 saturated heterocycles. The van der Waals surface area contributed by atoms with Crippen molar-refractivity contribution in [3.63, 3.8) is 0 Å². The molecule has 0 aliphatic heterocycles. The van der Waals surface area contributed by atoms with E-state index in [9.17, 15) is 14.7 Å². The maximum atomic E-state index is 11.6. The molecule has 0 saturated carbocycles. The normalized spacial score (nSPS) is 12.2. The first-order chi connectivity index (χ1) is 7.84. The highest BCUT2D eigenvalue weighted by atomic mass is 16.5. The molecule has 0 aromatic carbocycles. The number of aliphatic hydroxyl groups is 1. The Labute approximate surface area is 98.8 Å². The number of carbonyl (C=O) groups is 2. The van der Waals surface area contributed by atoms with Gasteiger partial charge in [0, 0.05) is 11.3 Å². The Morgan fingerprint density at radius 2 is 2.06 bits per heavy atom. The topological polar surface area (TPSA) is 105 Å². The van der Waals surface area contributed by atoms with Gasteiger partial charge in [-0.1, -0.05) is 0 Å². The molecule has 6 heteroatoms. The fraction of sp³-hybridized carbons (Fsp3) is 0.455. The minimum Gasteiger partial charge on any atom is -0.451 e. The molecule has 4 N–H and O–H groups in total. The van der Waals surface area contributed by atoms with E-state index in [-0.39, 0.29) is 5.69 Å². The number of amides is 1. The summed E-state index contributed by atoms with van der Waals surface area (Å²) < 4.78 is 4.69. The zero-order valence-corrected chi connectivity index (χ0v) is 10.0. The van der Waals surface area contributed by atoms with Crippen LogP contribution in [-0.2, 0) is 9.53 Å². The number of aliphatic hydroxyl groups excluding tert-OH is 1. The molecule has 94 valence electrons. The number of aromatic amines is 1. The molecule has 0 fully saturated rings. The predicted octanol–water partition coefficient (Wildman–Crippen LogP) is 0.327. The second kappa shape index (κ2) is 5.01. The highest BCUT2D eigenvalue weighted by Gasteiger charge is 2.21. The van der Waals surface area contributed by atoms with Gasteiger partial charge in [0.15, 0.2) is 6.61 Å². The summed E-state index contributed by atoms with van der Waals surface area (Å²) in [7, 11) is 0. The van der Waals surface area contributed by atoms with Crippen molar-refractivity contribution in [3.8, 4) is 0 Å². The van der Waals surface area contributed by atoms with Gasteiger partial charge in [0.2, 0.25) is 0 Å². The minimum atomic E-state index is -0.713. The molecule has 0 aliphatic carbocycles. The second-order valence-electron chi connectivity index (χ2n) is 3.88. The van der Waals surface area contributed by atoms with Crippen LogP contribution in [-0.4, -0.2) is 28.6 Å². The number of nitrogens with two attached hydrogens (primary N) is 1. The summed E-state index contributed by atoms with van der Waals surface area (Å²) in [5.41, 5.74) is 7.09. The standard InChI is InChI=1S/C11H16N2O4/c1-5-9(7(3)14)6(2)13-10(5)11(16)17-4-8(12)15/h7,13-14H,4H2,1-3H3,(H2,12,15)/t7-/m1/s1. The first kappa shape index (κ1) is 13.2. The summed E-state index contributed by atoms with van der Waals surface area (Å²) in [5, 5.41) is 9.55. The Kier molecular flexibility index (Phi) is 3.90. The average Bonchev–Trinajstić information content (AvgIpc) is 2.50. The smallest absolute Gasteiger partial charge is 0.355 e. The van der Waals surface area contributed by atoms with Crippen molar-refractivity contribution in [2.24, 2.45) is 5.73 Å². The van der Waals surface area contributed by atoms with Crippen LogP contribution in [0.3, 0.4) is 0 Å². The molecule has 0 aliphatic rings. The van der Waals surface area contributed by atoms with Gasteiger partial charge in [0.25, 0.3) is 5.91 Å². The van der Waals surface area contributed by atoms with Crippen LogP contribution in [0.15, 0.2) is 0 Å². The van der Waals surface area contributed by atoms with Crippen molar-refractivity contribution in [2.45, 2.75) is 26.9 Å². The summed E-state index contributed by atoms with van der Waals surface area (Å²) >= 11 is 0. The lowest BCUT2D eigenvalue weighted by molar-refractivity contribution is -0.121. The maximum Gasteiger partial charge on any atom is 0.355 e. The van der Waals surface area contributed by atoms with Gasteiger partial charge in [-0.3, -0.25) is 4.79 Å². The lowest BCUT2D eigenvalue weighted by atomic mass is 10.1. The summed E-state index contributed by atoms with van der Waals surface area (Å²) in [4.78, 5) is 24.9. The number of primary amides is 1. The van der Waals surface area contributed by atoms with E-state index in [1.807, 2.05) is 0 Å². The molecule has 0 radical (unpaired) electrons. The van der Waals surface area contributed by atoms with Crippen LogP contribution in [0.2, 0.25) is 0 Å². The molecule has 6 nitrogen and oxygen atoms in total.